The molecule has 2 rings (SSSR count). The van der Waals surface area contributed by atoms with Crippen LogP contribution in [0.15, 0.2) is 28.7 Å². The van der Waals surface area contributed by atoms with Crippen molar-refractivity contribution in [1.29, 1.82) is 0 Å². The lowest BCUT2D eigenvalue weighted by Gasteiger charge is -2.05. The standard InChI is InChI=1S/C16H22N2O/c1-11(2)10-13-4-6-14(7-5-13)16-12(3)19-15(18-16)8-9-17/h4-7,11H,8-10,17H2,1-3H3. The average molecular weight is 258 g/mol. The van der Waals surface area contributed by atoms with Gasteiger partial charge in [-0.1, -0.05) is 38.1 Å². The lowest BCUT2D eigenvalue weighted by molar-refractivity contribution is 0.473. The van der Waals surface area contributed by atoms with E-state index in [0.29, 0.717) is 18.9 Å². The van der Waals surface area contributed by atoms with E-state index in [2.05, 4.69) is 43.1 Å². The molecule has 0 aliphatic heterocycles. The van der Waals surface area contributed by atoms with Crippen LogP contribution >= 0.6 is 0 Å². The first-order valence-corrected chi connectivity index (χ1v) is 6.86. The fraction of sp³-hybridized carbons (Fsp3) is 0.438. The Balaban J connectivity index is 2.21. The fourth-order valence-electron chi connectivity index (χ4n) is 2.22. The molecule has 0 atom stereocenters. The summed E-state index contributed by atoms with van der Waals surface area (Å²) in [5.41, 5.74) is 8.93. The molecule has 0 radical (unpaired) electrons. The van der Waals surface area contributed by atoms with E-state index in [-0.39, 0.29) is 0 Å². The predicted octanol–water partition coefficient (Wildman–Crippen LogP) is 3.35. The van der Waals surface area contributed by atoms with Gasteiger partial charge in [0.2, 0.25) is 0 Å². The Morgan fingerprint density at radius 2 is 1.89 bits per heavy atom. The number of rotatable bonds is 5. The van der Waals surface area contributed by atoms with Gasteiger partial charge >= 0.3 is 0 Å². The summed E-state index contributed by atoms with van der Waals surface area (Å²) in [6, 6.07) is 8.59. The number of aromatic nitrogens is 1. The van der Waals surface area contributed by atoms with Gasteiger partial charge in [-0.3, -0.25) is 0 Å². The van der Waals surface area contributed by atoms with Crippen LogP contribution in [-0.2, 0) is 12.8 Å². The number of nitrogens with zero attached hydrogens (tertiary/aromatic N) is 1. The van der Waals surface area contributed by atoms with Crippen molar-refractivity contribution in [3.05, 3.63) is 41.5 Å². The first-order valence-electron chi connectivity index (χ1n) is 6.86. The Kier molecular flexibility index (Phi) is 4.38. The average Bonchev–Trinajstić information content (AvgIpc) is 2.71. The molecule has 3 nitrogen and oxygen atoms in total. The van der Waals surface area contributed by atoms with E-state index in [0.717, 1.165) is 29.3 Å². The Morgan fingerprint density at radius 1 is 1.21 bits per heavy atom. The van der Waals surface area contributed by atoms with E-state index in [1.54, 1.807) is 0 Å². The molecule has 19 heavy (non-hydrogen) atoms. The Morgan fingerprint density at radius 3 is 2.47 bits per heavy atom. The van der Waals surface area contributed by atoms with Crippen molar-refractivity contribution in [2.24, 2.45) is 11.7 Å². The summed E-state index contributed by atoms with van der Waals surface area (Å²) in [4.78, 5) is 4.51. The van der Waals surface area contributed by atoms with Gasteiger partial charge in [0.05, 0.1) is 0 Å². The van der Waals surface area contributed by atoms with Crippen molar-refractivity contribution in [2.75, 3.05) is 6.54 Å². The molecular weight excluding hydrogens is 236 g/mol. The van der Waals surface area contributed by atoms with Gasteiger partial charge in [-0.25, -0.2) is 4.98 Å². The molecule has 0 unspecified atom stereocenters. The number of aryl methyl sites for hydroxylation is 1. The van der Waals surface area contributed by atoms with E-state index >= 15 is 0 Å². The quantitative estimate of drug-likeness (QED) is 0.894. The van der Waals surface area contributed by atoms with Crippen LogP contribution in [0.5, 0.6) is 0 Å². The van der Waals surface area contributed by atoms with Gasteiger partial charge in [0.15, 0.2) is 5.89 Å². The van der Waals surface area contributed by atoms with Crippen LogP contribution in [0.2, 0.25) is 0 Å². The maximum atomic E-state index is 5.61. The van der Waals surface area contributed by atoms with Crippen LogP contribution < -0.4 is 5.73 Å². The van der Waals surface area contributed by atoms with E-state index in [9.17, 15) is 0 Å². The second kappa shape index (κ2) is 6.02. The van der Waals surface area contributed by atoms with Crippen LogP contribution in [0.1, 0.15) is 31.1 Å². The van der Waals surface area contributed by atoms with Gasteiger partial charge in [-0.2, -0.15) is 0 Å². The summed E-state index contributed by atoms with van der Waals surface area (Å²) >= 11 is 0. The SMILES string of the molecule is Cc1oc(CCN)nc1-c1ccc(CC(C)C)cc1. The van der Waals surface area contributed by atoms with Gasteiger partial charge in [0.25, 0.3) is 0 Å². The third kappa shape index (κ3) is 3.44. The third-order valence-electron chi connectivity index (χ3n) is 3.07. The zero-order valence-electron chi connectivity index (χ0n) is 11.9. The highest BCUT2D eigenvalue weighted by atomic mass is 16.4. The Hall–Kier alpha value is -1.61. The molecule has 102 valence electrons. The molecule has 2 aromatic rings. The summed E-state index contributed by atoms with van der Waals surface area (Å²) in [7, 11) is 0. The topological polar surface area (TPSA) is 52.0 Å². The lowest BCUT2D eigenvalue weighted by atomic mass is 10.0. The number of benzene rings is 1. The van der Waals surface area contributed by atoms with Gasteiger partial charge in [-0.15, -0.1) is 0 Å². The van der Waals surface area contributed by atoms with Crippen molar-refractivity contribution in [3.63, 3.8) is 0 Å². The Labute approximate surface area is 114 Å². The highest BCUT2D eigenvalue weighted by Gasteiger charge is 2.11. The van der Waals surface area contributed by atoms with Crippen molar-refractivity contribution < 1.29 is 4.42 Å². The van der Waals surface area contributed by atoms with Crippen LogP contribution in [0.3, 0.4) is 0 Å². The van der Waals surface area contributed by atoms with Crippen LogP contribution in [0.4, 0.5) is 0 Å². The van der Waals surface area contributed by atoms with Gasteiger partial charge in [0.1, 0.15) is 11.5 Å². The van der Waals surface area contributed by atoms with Gasteiger partial charge in [0, 0.05) is 18.5 Å². The first-order chi connectivity index (χ1) is 9.10. The minimum Gasteiger partial charge on any atom is -0.445 e. The zero-order chi connectivity index (χ0) is 13.8. The largest absolute Gasteiger partial charge is 0.445 e. The maximum absolute atomic E-state index is 5.61. The molecule has 0 spiro atoms. The summed E-state index contributed by atoms with van der Waals surface area (Å²) in [6.45, 7) is 6.97. The number of hydrogen-bond acceptors (Lipinski definition) is 3. The van der Waals surface area contributed by atoms with Crippen molar-refractivity contribution >= 4 is 0 Å². The molecule has 0 amide bonds. The fourth-order valence-corrected chi connectivity index (χ4v) is 2.22. The monoisotopic (exact) mass is 258 g/mol. The summed E-state index contributed by atoms with van der Waals surface area (Å²) in [5, 5.41) is 0. The normalized spacial score (nSPS) is 11.2. The number of nitrogens with two attached hydrogens (primary N) is 1. The van der Waals surface area contributed by atoms with Crippen LogP contribution in [-0.4, -0.2) is 11.5 Å². The molecule has 1 aromatic carbocycles. The van der Waals surface area contributed by atoms with Crippen LogP contribution in [0, 0.1) is 12.8 Å². The molecule has 3 heteroatoms. The minimum atomic E-state index is 0.562. The molecule has 0 aliphatic carbocycles. The minimum absolute atomic E-state index is 0.562. The molecule has 0 aliphatic rings. The van der Waals surface area contributed by atoms with Crippen molar-refractivity contribution in [3.8, 4) is 11.3 Å². The maximum Gasteiger partial charge on any atom is 0.196 e. The molecule has 0 saturated heterocycles. The number of oxazole rings is 1. The highest BCUT2D eigenvalue weighted by molar-refractivity contribution is 5.61. The van der Waals surface area contributed by atoms with E-state index in [1.807, 2.05) is 6.92 Å². The molecule has 0 bridgehead atoms. The highest BCUT2D eigenvalue weighted by Crippen LogP contribution is 2.24. The zero-order valence-corrected chi connectivity index (χ0v) is 11.9. The lowest BCUT2D eigenvalue weighted by Crippen LogP contribution is -2.02. The molecule has 0 fully saturated rings. The number of hydrogen-bond donors (Lipinski definition) is 1. The molecular formula is C16H22N2O. The van der Waals surface area contributed by atoms with E-state index in [1.165, 1.54) is 5.56 Å². The summed E-state index contributed by atoms with van der Waals surface area (Å²) in [5.74, 6) is 2.26. The smallest absolute Gasteiger partial charge is 0.196 e. The van der Waals surface area contributed by atoms with E-state index < -0.39 is 0 Å². The van der Waals surface area contributed by atoms with Gasteiger partial charge < -0.3 is 10.2 Å². The second-order valence-corrected chi connectivity index (χ2v) is 5.35. The predicted molar refractivity (Wildman–Crippen MR) is 78.0 cm³/mol. The van der Waals surface area contributed by atoms with Crippen molar-refractivity contribution in [1.82, 2.24) is 4.98 Å². The summed E-state index contributed by atoms with van der Waals surface area (Å²) in [6.07, 6.45) is 1.79. The van der Waals surface area contributed by atoms with Crippen LogP contribution in [0.25, 0.3) is 11.3 Å². The molecule has 2 N–H and O–H groups in total. The van der Waals surface area contributed by atoms with E-state index in [4.69, 9.17) is 10.2 Å². The third-order valence-corrected chi connectivity index (χ3v) is 3.07. The first kappa shape index (κ1) is 13.8. The summed E-state index contributed by atoms with van der Waals surface area (Å²) < 4.78 is 5.61. The second-order valence-electron chi connectivity index (χ2n) is 5.35. The van der Waals surface area contributed by atoms with Crippen molar-refractivity contribution in [2.45, 2.75) is 33.6 Å². The molecule has 0 saturated carbocycles. The molecule has 1 aromatic heterocycles. The van der Waals surface area contributed by atoms with Gasteiger partial charge in [-0.05, 0) is 24.8 Å². The molecule has 1 heterocycles. The Bertz CT molecular complexity index is 526.